The highest BCUT2D eigenvalue weighted by molar-refractivity contribution is 6.32. The molecule has 2 N–H and O–H groups in total. The molecule has 0 aliphatic heterocycles. The standard InChI is InChI=1S/C13H16ClNO3/c1-15(7-8-4-10(16)5-8)13(18)9-2-3-12(17)11(14)6-9/h2-3,6,8,10,16-17H,4-5,7H2,1H3. The number of amides is 1. The number of phenols is 1. The minimum Gasteiger partial charge on any atom is -0.506 e. The molecule has 1 aromatic rings. The number of halogens is 1. The highest BCUT2D eigenvalue weighted by atomic mass is 35.5. The van der Waals surface area contributed by atoms with E-state index in [1.54, 1.807) is 18.0 Å². The van der Waals surface area contributed by atoms with E-state index >= 15 is 0 Å². The minimum absolute atomic E-state index is 0.0296. The van der Waals surface area contributed by atoms with E-state index in [9.17, 15) is 15.0 Å². The molecule has 2 rings (SSSR count). The van der Waals surface area contributed by atoms with Gasteiger partial charge in [0.05, 0.1) is 11.1 Å². The number of benzene rings is 1. The van der Waals surface area contributed by atoms with Gasteiger partial charge in [-0.1, -0.05) is 11.6 Å². The van der Waals surface area contributed by atoms with Gasteiger partial charge in [-0.3, -0.25) is 4.79 Å². The van der Waals surface area contributed by atoms with Gasteiger partial charge >= 0.3 is 0 Å². The third kappa shape index (κ3) is 2.76. The Hall–Kier alpha value is -1.26. The largest absolute Gasteiger partial charge is 0.506 e. The molecule has 0 bridgehead atoms. The van der Waals surface area contributed by atoms with E-state index in [2.05, 4.69) is 0 Å². The molecule has 0 heterocycles. The van der Waals surface area contributed by atoms with Crippen molar-refractivity contribution in [2.75, 3.05) is 13.6 Å². The first-order valence-corrected chi connectivity index (χ1v) is 6.27. The van der Waals surface area contributed by atoms with Gasteiger partial charge in [0.25, 0.3) is 5.91 Å². The first-order valence-electron chi connectivity index (χ1n) is 5.89. The third-order valence-electron chi connectivity index (χ3n) is 3.28. The highest BCUT2D eigenvalue weighted by Crippen LogP contribution is 2.28. The first-order chi connectivity index (χ1) is 8.47. The second-order valence-electron chi connectivity index (χ2n) is 4.84. The van der Waals surface area contributed by atoms with Gasteiger partial charge < -0.3 is 15.1 Å². The number of hydrogen-bond acceptors (Lipinski definition) is 3. The van der Waals surface area contributed by atoms with Crippen LogP contribution in [0.25, 0.3) is 0 Å². The molecule has 1 aliphatic rings. The quantitative estimate of drug-likeness (QED) is 0.881. The van der Waals surface area contributed by atoms with Gasteiger partial charge in [0.1, 0.15) is 5.75 Å². The SMILES string of the molecule is CN(CC1CC(O)C1)C(=O)c1ccc(O)c(Cl)c1. The van der Waals surface area contributed by atoms with Gasteiger partial charge in [-0.15, -0.1) is 0 Å². The van der Waals surface area contributed by atoms with Crippen LogP contribution in [-0.4, -0.2) is 40.7 Å². The molecule has 0 radical (unpaired) electrons. The predicted molar refractivity (Wildman–Crippen MR) is 68.8 cm³/mol. The van der Waals surface area contributed by atoms with Crippen LogP contribution in [0.3, 0.4) is 0 Å². The summed E-state index contributed by atoms with van der Waals surface area (Å²) < 4.78 is 0. The summed E-state index contributed by atoms with van der Waals surface area (Å²) in [7, 11) is 1.73. The van der Waals surface area contributed by atoms with Crippen LogP contribution in [0.2, 0.25) is 5.02 Å². The zero-order valence-corrected chi connectivity index (χ0v) is 10.9. The topological polar surface area (TPSA) is 60.8 Å². The second-order valence-corrected chi connectivity index (χ2v) is 5.25. The van der Waals surface area contributed by atoms with Crippen molar-refractivity contribution in [1.29, 1.82) is 0 Å². The summed E-state index contributed by atoms with van der Waals surface area (Å²) in [6.07, 6.45) is 1.31. The summed E-state index contributed by atoms with van der Waals surface area (Å²) >= 11 is 5.77. The van der Waals surface area contributed by atoms with Crippen molar-refractivity contribution >= 4 is 17.5 Å². The smallest absolute Gasteiger partial charge is 0.253 e. The maximum absolute atomic E-state index is 12.1. The Morgan fingerprint density at radius 2 is 2.17 bits per heavy atom. The van der Waals surface area contributed by atoms with Crippen LogP contribution in [0.1, 0.15) is 23.2 Å². The monoisotopic (exact) mass is 269 g/mol. The number of phenolic OH excluding ortho intramolecular Hbond substituents is 1. The van der Waals surface area contributed by atoms with Crippen LogP contribution in [0.5, 0.6) is 5.75 Å². The average Bonchev–Trinajstić information content (AvgIpc) is 2.29. The van der Waals surface area contributed by atoms with Crippen molar-refractivity contribution in [3.63, 3.8) is 0 Å². The molecule has 1 saturated carbocycles. The maximum Gasteiger partial charge on any atom is 0.253 e. The van der Waals surface area contributed by atoms with Gasteiger partial charge in [0, 0.05) is 19.2 Å². The van der Waals surface area contributed by atoms with Crippen molar-refractivity contribution < 1.29 is 15.0 Å². The molecule has 1 fully saturated rings. The Morgan fingerprint density at radius 1 is 1.50 bits per heavy atom. The number of aliphatic hydroxyl groups is 1. The number of nitrogens with zero attached hydrogens (tertiary/aromatic N) is 1. The molecule has 0 spiro atoms. The van der Waals surface area contributed by atoms with E-state index in [0.29, 0.717) is 18.0 Å². The van der Waals surface area contributed by atoms with Crippen molar-refractivity contribution in [2.24, 2.45) is 5.92 Å². The molecular formula is C13H16ClNO3. The lowest BCUT2D eigenvalue weighted by Crippen LogP contribution is -2.39. The summed E-state index contributed by atoms with van der Waals surface area (Å²) in [5.74, 6) is 0.220. The van der Waals surface area contributed by atoms with Crippen molar-refractivity contribution in [3.05, 3.63) is 28.8 Å². The van der Waals surface area contributed by atoms with E-state index in [-0.39, 0.29) is 22.8 Å². The number of rotatable bonds is 3. The van der Waals surface area contributed by atoms with Crippen LogP contribution >= 0.6 is 11.6 Å². The zero-order chi connectivity index (χ0) is 13.3. The van der Waals surface area contributed by atoms with E-state index in [0.717, 1.165) is 12.8 Å². The molecule has 1 aliphatic carbocycles. The summed E-state index contributed by atoms with van der Waals surface area (Å²) in [4.78, 5) is 13.7. The van der Waals surface area contributed by atoms with Crippen molar-refractivity contribution in [3.8, 4) is 5.75 Å². The summed E-state index contributed by atoms with van der Waals surface area (Å²) in [6, 6.07) is 4.43. The molecule has 0 saturated heterocycles. The lowest BCUT2D eigenvalue weighted by Gasteiger charge is -2.34. The maximum atomic E-state index is 12.1. The zero-order valence-electron chi connectivity index (χ0n) is 10.1. The molecule has 0 atom stereocenters. The predicted octanol–water partition coefficient (Wildman–Crippen LogP) is 1.89. The second kappa shape index (κ2) is 5.16. The molecule has 1 aromatic carbocycles. The number of hydrogen-bond donors (Lipinski definition) is 2. The molecule has 0 unspecified atom stereocenters. The number of aliphatic hydroxyl groups excluding tert-OH is 1. The van der Waals surface area contributed by atoms with Gasteiger partial charge in [-0.05, 0) is 37.0 Å². The fourth-order valence-corrected chi connectivity index (χ4v) is 2.36. The first kappa shape index (κ1) is 13.2. The fourth-order valence-electron chi connectivity index (χ4n) is 2.18. The summed E-state index contributed by atoms with van der Waals surface area (Å²) in [5.41, 5.74) is 0.458. The summed E-state index contributed by atoms with van der Waals surface area (Å²) in [5, 5.41) is 18.7. The Morgan fingerprint density at radius 3 is 2.72 bits per heavy atom. The number of aromatic hydroxyl groups is 1. The number of carbonyl (C=O) groups is 1. The molecule has 5 heteroatoms. The van der Waals surface area contributed by atoms with Crippen molar-refractivity contribution in [1.82, 2.24) is 4.90 Å². The highest BCUT2D eigenvalue weighted by Gasteiger charge is 2.29. The van der Waals surface area contributed by atoms with Crippen LogP contribution < -0.4 is 0 Å². The fraction of sp³-hybridized carbons (Fsp3) is 0.462. The minimum atomic E-state index is -0.207. The third-order valence-corrected chi connectivity index (χ3v) is 3.59. The van der Waals surface area contributed by atoms with E-state index < -0.39 is 0 Å². The van der Waals surface area contributed by atoms with Gasteiger partial charge in [0.2, 0.25) is 0 Å². The normalized spacial score (nSPS) is 22.4. The van der Waals surface area contributed by atoms with Crippen LogP contribution in [-0.2, 0) is 0 Å². The van der Waals surface area contributed by atoms with E-state index in [4.69, 9.17) is 11.6 Å². The van der Waals surface area contributed by atoms with E-state index in [1.165, 1.54) is 12.1 Å². The van der Waals surface area contributed by atoms with Crippen LogP contribution in [0, 0.1) is 5.92 Å². The Bertz CT molecular complexity index is 458. The molecule has 0 aromatic heterocycles. The van der Waals surface area contributed by atoms with Gasteiger partial charge in [0.15, 0.2) is 0 Å². The average molecular weight is 270 g/mol. The van der Waals surface area contributed by atoms with Gasteiger partial charge in [-0.25, -0.2) is 0 Å². The molecule has 4 nitrogen and oxygen atoms in total. The number of carbonyl (C=O) groups excluding carboxylic acids is 1. The van der Waals surface area contributed by atoms with Gasteiger partial charge in [-0.2, -0.15) is 0 Å². The Kier molecular flexibility index (Phi) is 3.78. The summed E-state index contributed by atoms with van der Waals surface area (Å²) in [6.45, 7) is 0.633. The van der Waals surface area contributed by atoms with E-state index in [1.807, 2.05) is 0 Å². The molecule has 18 heavy (non-hydrogen) atoms. The lowest BCUT2D eigenvalue weighted by molar-refractivity contribution is 0.0265. The molecule has 1 amide bonds. The Balaban J connectivity index is 1.99. The van der Waals surface area contributed by atoms with Crippen molar-refractivity contribution in [2.45, 2.75) is 18.9 Å². The molecule has 98 valence electrons. The Labute approximate surface area is 111 Å². The molecular weight excluding hydrogens is 254 g/mol. The van der Waals surface area contributed by atoms with Crippen LogP contribution in [0.15, 0.2) is 18.2 Å². The van der Waals surface area contributed by atoms with Crippen LogP contribution in [0.4, 0.5) is 0 Å². The lowest BCUT2D eigenvalue weighted by atomic mass is 9.82.